The molecule has 0 saturated heterocycles. The number of para-hydroxylation sites is 2. The summed E-state index contributed by atoms with van der Waals surface area (Å²) in [6, 6.07) is 15.9. The highest BCUT2D eigenvalue weighted by Crippen LogP contribution is 2.26. The van der Waals surface area contributed by atoms with E-state index in [9.17, 15) is 10.1 Å². The van der Waals surface area contributed by atoms with E-state index in [-0.39, 0.29) is 18.0 Å². The van der Waals surface area contributed by atoms with Crippen LogP contribution in [-0.4, -0.2) is 11.5 Å². The summed E-state index contributed by atoms with van der Waals surface area (Å²) in [5, 5.41) is 10.8. The van der Waals surface area contributed by atoms with Crippen molar-refractivity contribution in [1.82, 2.24) is 0 Å². The highest BCUT2D eigenvalue weighted by atomic mass is 16.6. The Morgan fingerprint density at radius 2 is 1.74 bits per heavy atom. The molecular formula is C15H13NO3. The van der Waals surface area contributed by atoms with Crippen LogP contribution in [-0.2, 0) is 0 Å². The van der Waals surface area contributed by atoms with Gasteiger partial charge in [-0.1, -0.05) is 49.0 Å². The van der Waals surface area contributed by atoms with E-state index in [1.54, 1.807) is 18.2 Å². The quantitative estimate of drug-likeness (QED) is 0.604. The van der Waals surface area contributed by atoms with Crippen LogP contribution < -0.4 is 4.74 Å². The number of rotatable bonds is 5. The van der Waals surface area contributed by atoms with Crippen LogP contribution in [0.3, 0.4) is 0 Å². The fourth-order valence-electron chi connectivity index (χ4n) is 1.65. The molecule has 2 aromatic carbocycles. The lowest BCUT2D eigenvalue weighted by Gasteiger charge is -2.09. The van der Waals surface area contributed by atoms with Crippen molar-refractivity contribution >= 4 is 11.3 Å². The number of nitro groups is 1. The minimum atomic E-state index is -0.458. The molecule has 0 bridgehead atoms. The Labute approximate surface area is 111 Å². The zero-order valence-corrected chi connectivity index (χ0v) is 10.3. The Bertz CT molecular complexity index is 593. The molecule has 0 fully saturated rings. The number of hydrogen-bond donors (Lipinski definition) is 0. The molecule has 96 valence electrons. The van der Waals surface area contributed by atoms with E-state index in [2.05, 4.69) is 6.58 Å². The van der Waals surface area contributed by atoms with Gasteiger partial charge in [0, 0.05) is 6.07 Å². The minimum absolute atomic E-state index is 0.0386. The van der Waals surface area contributed by atoms with Gasteiger partial charge in [-0.25, -0.2) is 0 Å². The summed E-state index contributed by atoms with van der Waals surface area (Å²) in [5.74, 6) is 0.254. The van der Waals surface area contributed by atoms with Crippen molar-refractivity contribution in [2.24, 2.45) is 0 Å². The fraction of sp³-hybridized carbons (Fsp3) is 0.0667. The van der Waals surface area contributed by atoms with Crippen molar-refractivity contribution in [3.05, 3.63) is 76.9 Å². The van der Waals surface area contributed by atoms with E-state index < -0.39 is 4.92 Å². The van der Waals surface area contributed by atoms with Crippen LogP contribution in [0.4, 0.5) is 5.69 Å². The van der Waals surface area contributed by atoms with Gasteiger partial charge in [0.1, 0.15) is 6.61 Å². The van der Waals surface area contributed by atoms with Gasteiger partial charge >= 0.3 is 5.69 Å². The fourth-order valence-corrected chi connectivity index (χ4v) is 1.65. The third-order valence-electron chi connectivity index (χ3n) is 2.65. The van der Waals surface area contributed by atoms with Crippen molar-refractivity contribution in [2.45, 2.75) is 0 Å². The third kappa shape index (κ3) is 3.19. The molecule has 19 heavy (non-hydrogen) atoms. The number of hydrogen-bond acceptors (Lipinski definition) is 3. The first-order chi connectivity index (χ1) is 9.18. The van der Waals surface area contributed by atoms with Gasteiger partial charge in [-0.05, 0) is 17.2 Å². The molecule has 0 N–H and O–H groups in total. The summed E-state index contributed by atoms with van der Waals surface area (Å²) >= 11 is 0. The number of benzene rings is 2. The second-order valence-corrected chi connectivity index (χ2v) is 3.98. The van der Waals surface area contributed by atoms with Crippen LogP contribution in [0.2, 0.25) is 0 Å². The largest absolute Gasteiger partial charge is 0.482 e. The smallest absolute Gasteiger partial charge is 0.310 e. The van der Waals surface area contributed by atoms with Gasteiger partial charge in [0.15, 0.2) is 5.75 Å². The van der Waals surface area contributed by atoms with Crippen LogP contribution in [0, 0.1) is 10.1 Å². The minimum Gasteiger partial charge on any atom is -0.482 e. The van der Waals surface area contributed by atoms with Crippen molar-refractivity contribution in [2.75, 3.05) is 6.61 Å². The maximum Gasteiger partial charge on any atom is 0.310 e. The summed E-state index contributed by atoms with van der Waals surface area (Å²) < 4.78 is 5.47. The predicted octanol–water partition coefficient (Wildman–Crippen LogP) is 3.69. The molecule has 0 aliphatic heterocycles. The summed E-state index contributed by atoms with van der Waals surface area (Å²) in [7, 11) is 0. The van der Waals surface area contributed by atoms with E-state index in [4.69, 9.17) is 4.74 Å². The average molecular weight is 255 g/mol. The van der Waals surface area contributed by atoms with Crippen LogP contribution in [0.25, 0.3) is 5.57 Å². The molecule has 0 aliphatic rings. The molecule has 0 heterocycles. The van der Waals surface area contributed by atoms with E-state index in [1.165, 1.54) is 6.07 Å². The Morgan fingerprint density at radius 1 is 1.11 bits per heavy atom. The Balaban J connectivity index is 2.07. The van der Waals surface area contributed by atoms with Gasteiger partial charge < -0.3 is 4.74 Å². The first-order valence-corrected chi connectivity index (χ1v) is 5.78. The summed E-state index contributed by atoms with van der Waals surface area (Å²) in [6.07, 6.45) is 0. The maximum atomic E-state index is 10.8. The molecule has 0 saturated carbocycles. The molecule has 0 atom stereocenters. The lowest BCUT2D eigenvalue weighted by molar-refractivity contribution is -0.385. The SMILES string of the molecule is C=C(COc1ccccc1[N+](=O)[O-])c1ccccc1. The van der Waals surface area contributed by atoms with Crippen LogP contribution in [0.15, 0.2) is 61.2 Å². The number of nitrogens with zero attached hydrogens (tertiary/aromatic N) is 1. The second-order valence-electron chi connectivity index (χ2n) is 3.98. The highest BCUT2D eigenvalue weighted by molar-refractivity contribution is 5.64. The lowest BCUT2D eigenvalue weighted by Crippen LogP contribution is -2.02. The zero-order chi connectivity index (χ0) is 13.7. The molecule has 2 rings (SSSR count). The first-order valence-electron chi connectivity index (χ1n) is 5.78. The molecule has 0 radical (unpaired) electrons. The molecule has 4 nitrogen and oxygen atoms in total. The van der Waals surface area contributed by atoms with E-state index >= 15 is 0 Å². The molecular weight excluding hydrogens is 242 g/mol. The van der Waals surface area contributed by atoms with Gasteiger partial charge in [-0.3, -0.25) is 10.1 Å². The van der Waals surface area contributed by atoms with Gasteiger partial charge in [0.25, 0.3) is 0 Å². The Hall–Kier alpha value is -2.62. The standard InChI is InChI=1S/C15H13NO3/c1-12(13-7-3-2-4-8-13)11-19-15-10-6-5-9-14(15)16(17)18/h2-10H,1,11H2. The molecule has 0 amide bonds. The van der Waals surface area contributed by atoms with E-state index in [0.717, 1.165) is 11.1 Å². The first kappa shape index (κ1) is 12.8. The molecule has 0 spiro atoms. The summed E-state index contributed by atoms with van der Waals surface area (Å²) in [4.78, 5) is 10.4. The summed E-state index contributed by atoms with van der Waals surface area (Å²) in [5.41, 5.74) is 1.70. The van der Waals surface area contributed by atoms with Gasteiger partial charge in [-0.15, -0.1) is 0 Å². The normalized spacial score (nSPS) is 9.89. The zero-order valence-electron chi connectivity index (χ0n) is 10.3. The average Bonchev–Trinajstić information content (AvgIpc) is 2.46. The number of ether oxygens (including phenoxy) is 1. The topological polar surface area (TPSA) is 52.4 Å². The van der Waals surface area contributed by atoms with Crippen LogP contribution in [0.1, 0.15) is 5.56 Å². The van der Waals surface area contributed by atoms with Crippen molar-refractivity contribution in [1.29, 1.82) is 0 Å². The third-order valence-corrected chi connectivity index (χ3v) is 2.65. The molecule has 0 aromatic heterocycles. The van der Waals surface area contributed by atoms with Crippen molar-refractivity contribution < 1.29 is 9.66 Å². The highest BCUT2D eigenvalue weighted by Gasteiger charge is 2.13. The molecule has 0 unspecified atom stereocenters. The lowest BCUT2D eigenvalue weighted by atomic mass is 10.1. The molecule has 4 heteroatoms. The van der Waals surface area contributed by atoms with Gasteiger partial charge in [0.05, 0.1) is 4.92 Å². The van der Waals surface area contributed by atoms with Crippen LogP contribution in [0.5, 0.6) is 5.75 Å². The van der Waals surface area contributed by atoms with Crippen molar-refractivity contribution in [3.63, 3.8) is 0 Å². The maximum absolute atomic E-state index is 10.8. The van der Waals surface area contributed by atoms with Gasteiger partial charge in [0.2, 0.25) is 0 Å². The molecule has 2 aromatic rings. The predicted molar refractivity (Wildman–Crippen MR) is 74.1 cm³/mol. The van der Waals surface area contributed by atoms with Crippen molar-refractivity contribution in [3.8, 4) is 5.75 Å². The summed E-state index contributed by atoms with van der Waals surface area (Å²) in [6.45, 7) is 4.14. The number of nitro benzene ring substituents is 1. The second kappa shape index (κ2) is 5.82. The van der Waals surface area contributed by atoms with Gasteiger partial charge in [-0.2, -0.15) is 0 Å². The van der Waals surface area contributed by atoms with E-state index in [0.29, 0.717) is 0 Å². The monoisotopic (exact) mass is 255 g/mol. The van der Waals surface area contributed by atoms with E-state index in [1.807, 2.05) is 30.3 Å². The Kier molecular flexibility index (Phi) is 3.93. The van der Waals surface area contributed by atoms with Crippen LogP contribution >= 0.6 is 0 Å². The Morgan fingerprint density at radius 3 is 2.42 bits per heavy atom. The molecule has 0 aliphatic carbocycles.